The van der Waals surface area contributed by atoms with E-state index in [1.807, 2.05) is 7.05 Å². The molecule has 0 aliphatic rings. The largest absolute Gasteiger partial charge is 0.319 e. The molecule has 1 atom stereocenters. The van der Waals surface area contributed by atoms with Crippen molar-refractivity contribution < 1.29 is 0 Å². The Labute approximate surface area is 130 Å². The first-order valence-corrected chi connectivity index (χ1v) is 7.94. The van der Waals surface area contributed by atoms with Crippen molar-refractivity contribution in [1.29, 1.82) is 0 Å². The molecule has 1 unspecified atom stereocenters. The first-order valence-electron chi connectivity index (χ1n) is 7.15. The Balaban J connectivity index is 2.40. The molecule has 0 spiro atoms. The summed E-state index contributed by atoms with van der Waals surface area (Å²) in [4.78, 5) is 0. The highest BCUT2D eigenvalue weighted by Crippen LogP contribution is 2.33. The molecule has 0 bridgehead atoms. The first-order chi connectivity index (χ1) is 9.72. The molecular formula is C18H22BrN. The van der Waals surface area contributed by atoms with Gasteiger partial charge in [0.2, 0.25) is 0 Å². The molecule has 0 saturated carbocycles. The van der Waals surface area contributed by atoms with E-state index in [1.165, 1.54) is 15.6 Å². The number of hydrogen-bond acceptors (Lipinski definition) is 1. The van der Waals surface area contributed by atoms with Gasteiger partial charge in [-0.2, -0.15) is 0 Å². The summed E-state index contributed by atoms with van der Waals surface area (Å²) in [5.74, 6) is 0. The number of likely N-dealkylation sites (N-methyl/N-ethyl adjacent to an activating group) is 1. The average Bonchev–Trinajstić information content (AvgIpc) is 2.50. The van der Waals surface area contributed by atoms with Crippen LogP contribution in [-0.2, 0) is 11.8 Å². The molecule has 0 saturated heterocycles. The summed E-state index contributed by atoms with van der Waals surface area (Å²) in [5, 5.41) is 3.38. The molecule has 0 aromatic heterocycles. The SMILES string of the molecule is CCC(CNC)(Cc1ccccc1Br)c1ccccc1. The van der Waals surface area contributed by atoms with E-state index in [2.05, 4.69) is 82.8 Å². The molecule has 2 aromatic carbocycles. The summed E-state index contributed by atoms with van der Waals surface area (Å²) >= 11 is 3.68. The van der Waals surface area contributed by atoms with Crippen LogP contribution in [0.1, 0.15) is 24.5 Å². The van der Waals surface area contributed by atoms with Crippen LogP contribution in [0.25, 0.3) is 0 Å². The van der Waals surface area contributed by atoms with E-state index in [0.717, 1.165) is 19.4 Å². The van der Waals surface area contributed by atoms with E-state index in [9.17, 15) is 0 Å². The molecule has 0 heterocycles. The van der Waals surface area contributed by atoms with Gasteiger partial charge in [-0.3, -0.25) is 0 Å². The zero-order valence-corrected chi connectivity index (χ0v) is 13.8. The minimum absolute atomic E-state index is 0.139. The van der Waals surface area contributed by atoms with E-state index < -0.39 is 0 Å². The van der Waals surface area contributed by atoms with Crippen molar-refractivity contribution in [2.24, 2.45) is 0 Å². The van der Waals surface area contributed by atoms with Crippen LogP contribution in [0.3, 0.4) is 0 Å². The minimum atomic E-state index is 0.139. The highest BCUT2D eigenvalue weighted by molar-refractivity contribution is 9.10. The molecule has 2 rings (SSSR count). The van der Waals surface area contributed by atoms with Crippen LogP contribution in [0.15, 0.2) is 59.1 Å². The van der Waals surface area contributed by atoms with Crippen molar-refractivity contribution in [2.45, 2.75) is 25.2 Å². The molecule has 0 radical (unpaired) electrons. The van der Waals surface area contributed by atoms with E-state index in [1.54, 1.807) is 0 Å². The molecule has 0 aliphatic carbocycles. The van der Waals surface area contributed by atoms with Gasteiger partial charge in [0.05, 0.1) is 0 Å². The van der Waals surface area contributed by atoms with Crippen molar-refractivity contribution in [2.75, 3.05) is 13.6 Å². The Morgan fingerprint density at radius 2 is 1.65 bits per heavy atom. The topological polar surface area (TPSA) is 12.0 Å². The predicted molar refractivity (Wildman–Crippen MR) is 90.2 cm³/mol. The van der Waals surface area contributed by atoms with Crippen molar-refractivity contribution >= 4 is 15.9 Å². The summed E-state index contributed by atoms with van der Waals surface area (Å²) in [6.45, 7) is 3.26. The zero-order chi connectivity index (χ0) is 14.4. The van der Waals surface area contributed by atoms with E-state index in [-0.39, 0.29) is 5.41 Å². The maximum Gasteiger partial charge on any atom is 0.0207 e. The molecular weight excluding hydrogens is 310 g/mol. The number of halogens is 1. The molecule has 0 aliphatic heterocycles. The molecule has 0 amide bonds. The number of benzene rings is 2. The van der Waals surface area contributed by atoms with Gasteiger partial charge in [0.25, 0.3) is 0 Å². The Morgan fingerprint density at radius 1 is 1.00 bits per heavy atom. The first kappa shape index (κ1) is 15.3. The van der Waals surface area contributed by atoms with Gasteiger partial charge in [0.15, 0.2) is 0 Å². The van der Waals surface area contributed by atoms with Gasteiger partial charge in [0.1, 0.15) is 0 Å². The molecule has 0 fully saturated rings. The van der Waals surface area contributed by atoms with Gasteiger partial charge in [0, 0.05) is 16.4 Å². The van der Waals surface area contributed by atoms with Crippen LogP contribution in [0.4, 0.5) is 0 Å². The minimum Gasteiger partial charge on any atom is -0.319 e. The molecule has 2 heteroatoms. The summed E-state index contributed by atoms with van der Waals surface area (Å²) in [6.07, 6.45) is 2.15. The fourth-order valence-corrected chi connectivity index (χ4v) is 3.28. The Kier molecular flexibility index (Phi) is 5.38. The van der Waals surface area contributed by atoms with Gasteiger partial charge < -0.3 is 5.32 Å². The molecule has 1 N–H and O–H groups in total. The second-order valence-corrected chi connectivity index (χ2v) is 6.15. The highest BCUT2D eigenvalue weighted by atomic mass is 79.9. The van der Waals surface area contributed by atoms with Crippen molar-refractivity contribution in [3.8, 4) is 0 Å². The van der Waals surface area contributed by atoms with E-state index >= 15 is 0 Å². The van der Waals surface area contributed by atoms with Crippen molar-refractivity contribution in [1.82, 2.24) is 5.32 Å². The van der Waals surface area contributed by atoms with Gasteiger partial charge in [-0.05, 0) is 37.1 Å². The van der Waals surface area contributed by atoms with Crippen LogP contribution in [0.5, 0.6) is 0 Å². The smallest absolute Gasteiger partial charge is 0.0207 e. The lowest BCUT2D eigenvalue weighted by atomic mass is 9.73. The molecule has 106 valence electrons. The van der Waals surface area contributed by atoms with Gasteiger partial charge in [-0.15, -0.1) is 0 Å². The number of rotatable bonds is 6. The molecule has 20 heavy (non-hydrogen) atoms. The van der Waals surface area contributed by atoms with Gasteiger partial charge in [-0.25, -0.2) is 0 Å². The average molecular weight is 332 g/mol. The van der Waals surface area contributed by atoms with Crippen LogP contribution in [0.2, 0.25) is 0 Å². The van der Waals surface area contributed by atoms with Crippen LogP contribution >= 0.6 is 15.9 Å². The fourth-order valence-electron chi connectivity index (χ4n) is 2.86. The Hall–Kier alpha value is -1.12. The fraction of sp³-hybridized carbons (Fsp3) is 0.333. The zero-order valence-electron chi connectivity index (χ0n) is 12.2. The van der Waals surface area contributed by atoms with Crippen molar-refractivity contribution in [3.63, 3.8) is 0 Å². The van der Waals surface area contributed by atoms with Crippen LogP contribution < -0.4 is 5.32 Å². The third-order valence-corrected chi connectivity index (χ3v) is 4.84. The number of hydrogen-bond donors (Lipinski definition) is 1. The Morgan fingerprint density at radius 3 is 2.25 bits per heavy atom. The predicted octanol–water partition coefficient (Wildman–Crippen LogP) is 4.56. The Bertz CT molecular complexity index is 538. The summed E-state index contributed by atoms with van der Waals surface area (Å²) in [5.41, 5.74) is 2.92. The lowest BCUT2D eigenvalue weighted by Gasteiger charge is -2.34. The normalized spacial score (nSPS) is 13.9. The quantitative estimate of drug-likeness (QED) is 0.818. The van der Waals surface area contributed by atoms with Gasteiger partial charge >= 0.3 is 0 Å². The lowest BCUT2D eigenvalue weighted by Crippen LogP contribution is -2.38. The lowest BCUT2D eigenvalue weighted by molar-refractivity contribution is 0.390. The molecule has 2 aromatic rings. The maximum atomic E-state index is 3.68. The van der Waals surface area contributed by atoms with E-state index in [0.29, 0.717) is 0 Å². The third kappa shape index (κ3) is 3.31. The summed E-state index contributed by atoms with van der Waals surface area (Å²) < 4.78 is 1.20. The number of nitrogens with one attached hydrogen (secondary N) is 1. The summed E-state index contributed by atoms with van der Waals surface area (Å²) in [7, 11) is 2.04. The maximum absolute atomic E-state index is 3.68. The standard InChI is InChI=1S/C18H22BrN/c1-3-18(14-20-2,16-10-5-4-6-11-16)13-15-9-7-8-12-17(15)19/h4-12,20H,3,13-14H2,1-2H3. The second kappa shape index (κ2) is 7.05. The van der Waals surface area contributed by atoms with E-state index in [4.69, 9.17) is 0 Å². The van der Waals surface area contributed by atoms with Crippen molar-refractivity contribution in [3.05, 3.63) is 70.2 Å². The second-order valence-electron chi connectivity index (χ2n) is 5.30. The van der Waals surface area contributed by atoms with Crippen LogP contribution in [0, 0.1) is 0 Å². The summed E-state index contributed by atoms with van der Waals surface area (Å²) in [6, 6.07) is 19.4. The van der Waals surface area contributed by atoms with Gasteiger partial charge in [-0.1, -0.05) is 71.4 Å². The monoisotopic (exact) mass is 331 g/mol. The molecule has 1 nitrogen and oxygen atoms in total. The van der Waals surface area contributed by atoms with Crippen LogP contribution in [-0.4, -0.2) is 13.6 Å². The third-order valence-electron chi connectivity index (χ3n) is 4.06. The highest BCUT2D eigenvalue weighted by Gasteiger charge is 2.30.